The summed E-state index contributed by atoms with van der Waals surface area (Å²) in [6.07, 6.45) is 2.01. The van der Waals surface area contributed by atoms with Crippen molar-refractivity contribution in [3.63, 3.8) is 0 Å². The fraction of sp³-hybridized carbons (Fsp3) is 0.346. The Bertz CT molecular complexity index is 1120. The molecule has 0 aliphatic heterocycles. The minimum Gasteiger partial charge on any atom is -0.489 e. The Morgan fingerprint density at radius 2 is 1.91 bits per heavy atom. The molecule has 33 heavy (non-hydrogen) atoms. The third kappa shape index (κ3) is 5.25. The molecule has 0 saturated heterocycles. The van der Waals surface area contributed by atoms with E-state index in [1.165, 1.54) is 5.56 Å². The van der Waals surface area contributed by atoms with Gasteiger partial charge in [-0.3, -0.25) is 4.79 Å². The lowest BCUT2D eigenvalue weighted by atomic mass is 9.87. The number of aromatic nitrogens is 1. The van der Waals surface area contributed by atoms with Crippen molar-refractivity contribution in [2.24, 2.45) is 0 Å². The average Bonchev–Trinajstić information content (AvgIpc) is 3.15. The molecule has 4 rings (SSSR count). The first-order valence-electron chi connectivity index (χ1n) is 11.2. The van der Waals surface area contributed by atoms with Crippen LogP contribution in [0.3, 0.4) is 0 Å². The number of hydrogen-bond donors (Lipinski definition) is 1. The number of esters is 1. The number of nitrogens with one attached hydrogen (secondary N) is 1. The van der Waals surface area contributed by atoms with E-state index in [0.29, 0.717) is 17.9 Å². The second kappa shape index (κ2) is 9.90. The molecule has 1 aliphatic rings. The number of rotatable bonds is 7. The van der Waals surface area contributed by atoms with Crippen LogP contribution in [-0.4, -0.2) is 23.1 Å². The molecule has 172 valence electrons. The summed E-state index contributed by atoms with van der Waals surface area (Å²) in [5.41, 5.74) is 4.44. The zero-order valence-corrected chi connectivity index (χ0v) is 19.1. The van der Waals surface area contributed by atoms with Gasteiger partial charge in [0.15, 0.2) is 6.10 Å². The van der Waals surface area contributed by atoms with E-state index < -0.39 is 12.1 Å². The van der Waals surface area contributed by atoms with E-state index in [0.717, 1.165) is 41.8 Å². The molecule has 7 nitrogen and oxygen atoms in total. The van der Waals surface area contributed by atoms with Gasteiger partial charge in [-0.1, -0.05) is 29.4 Å². The summed E-state index contributed by atoms with van der Waals surface area (Å²) < 4.78 is 16.3. The van der Waals surface area contributed by atoms with Crippen LogP contribution in [0.15, 0.2) is 53.1 Å². The van der Waals surface area contributed by atoms with Crippen LogP contribution in [0.2, 0.25) is 0 Å². The van der Waals surface area contributed by atoms with Crippen molar-refractivity contribution in [3.8, 4) is 5.75 Å². The van der Waals surface area contributed by atoms with Crippen molar-refractivity contribution in [2.75, 3.05) is 0 Å². The fourth-order valence-corrected chi connectivity index (χ4v) is 4.03. The highest BCUT2D eigenvalue weighted by molar-refractivity contribution is 5.92. The molecule has 1 N–H and O–H groups in total. The maximum atomic E-state index is 12.7. The highest BCUT2D eigenvalue weighted by Gasteiger charge is 2.25. The van der Waals surface area contributed by atoms with Gasteiger partial charge in [-0.25, -0.2) is 4.79 Å². The topological polar surface area (TPSA) is 90.7 Å². The van der Waals surface area contributed by atoms with E-state index in [-0.39, 0.29) is 11.9 Å². The molecule has 1 amide bonds. The normalized spacial score (nSPS) is 15.9. The zero-order chi connectivity index (χ0) is 23.4. The highest BCUT2D eigenvalue weighted by Crippen LogP contribution is 2.29. The summed E-state index contributed by atoms with van der Waals surface area (Å²) in [6, 6.07) is 14.7. The standard InChI is InChI=1S/C26H28N2O5/c1-16-23(17(2)33-28-16)15-31-21-13-11-20(12-14-21)26(30)32-18(3)25(29)27-24-10-6-8-19-7-4-5-9-22(19)24/h4-5,7,9,11-14,18,24H,6,8,10,15H2,1-3H3,(H,27,29). The van der Waals surface area contributed by atoms with Gasteiger partial charge in [-0.2, -0.15) is 0 Å². The Hall–Kier alpha value is -3.61. The maximum Gasteiger partial charge on any atom is 0.338 e. The van der Waals surface area contributed by atoms with Crippen LogP contribution in [0.25, 0.3) is 0 Å². The molecule has 7 heteroatoms. The lowest BCUT2D eigenvalue weighted by Crippen LogP contribution is -2.39. The van der Waals surface area contributed by atoms with Crippen LogP contribution >= 0.6 is 0 Å². The van der Waals surface area contributed by atoms with Crippen LogP contribution in [-0.2, 0) is 22.6 Å². The molecule has 2 atom stereocenters. The third-order valence-electron chi connectivity index (χ3n) is 5.99. The van der Waals surface area contributed by atoms with Crippen molar-refractivity contribution in [1.82, 2.24) is 10.5 Å². The van der Waals surface area contributed by atoms with E-state index in [1.807, 2.05) is 32.0 Å². The molecule has 0 bridgehead atoms. The predicted octanol–water partition coefficient (Wildman–Crippen LogP) is 4.61. The molecule has 2 unspecified atom stereocenters. The van der Waals surface area contributed by atoms with Crippen LogP contribution in [0.1, 0.15) is 64.3 Å². The van der Waals surface area contributed by atoms with Gasteiger partial charge in [0, 0.05) is 0 Å². The monoisotopic (exact) mass is 448 g/mol. The van der Waals surface area contributed by atoms with Gasteiger partial charge in [0.05, 0.1) is 22.9 Å². The molecule has 0 saturated carbocycles. The second-order valence-corrected chi connectivity index (χ2v) is 8.32. The third-order valence-corrected chi connectivity index (χ3v) is 5.99. The van der Waals surface area contributed by atoms with Crippen LogP contribution in [0.4, 0.5) is 0 Å². The Balaban J connectivity index is 1.31. The van der Waals surface area contributed by atoms with Crippen molar-refractivity contribution in [2.45, 2.75) is 58.8 Å². The Morgan fingerprint density at radius 1 is 1.15 bits per heavy atom. The minimum absolute atomic E-state index is 0.0577. The van der Waals surface area contributed by atoms with Crippen LogP contribution in [0, 0.1) is 13.8 Å². The molecule has 1 heterocycles. The summed E-state index contributed by atoms with van der Waals surface area (Å²) in [4.78, 5) is 25.2. The molecule has 3 aromatic rings. The van der Waals surface area contributed by atoms with E-state index in [2.05, 4.69) is 16.5 Å². The Kier molecular flexibility index (Phi) is 6.77. The lowest BCUT2D eigenvalue weighted by Gasteiger charge is -2.27. The molecule has 0 radical (unpaired) electrons. The SMILES string of the molecule is Cc1noc(C)c1COc1ccc(C(=O)OC(C)C(=O)NC2CCCc3ccccc32)cc1. The number of carbonyl (C=O) groups is 2. The van der Waals surface area contributed by atoms with Gasteiger partial charge in [-0.05, 0) is 75.4 Å². The minimum atomic E-state index is -0.901. The summed E-state index contributed by atoms with van der Waals surface area (Å²) in [7, 11) is 0. The first-order valence-corrected chi connectivity index (χ1v) is 11.2. The number of aryl methyl sites for hydroxylation is 3. The smallest absolute Gasteiger partial charge is 0.338 e. The summed E-state index contributed by atoms with van der Waals surface area (Å²) in [5.74, 6) is 0.466. The van der Waals surface area contributed by atoms with Gasteiger partial charge < -0.3 is 19.3 Å². The quantitative estimate of drug-likeness (QED) is 0.531. The molecular weight excluding hydrogens is 420 g/mol. The number of ether oxygens (including phenoxy) is 2. The number of benzene rings is 2. The molecular formula is C26H28N2O5. The average molecular weight is 449 g/mol. The first-order chi connectivity index (χ1) is 15.9. The second-order valence-electron chi connectivity index (χ2n) is 8.32. The number of carbonyl (C=O) groups excluding carboxylic acids is 2. The van der Waals surface area contributed by atoms with Crippen molar-refractivity contribution in [3.05, 3.63) is 82.2 Å². The Labute approximate surface area is 193 Å². The Morgan fingerprint density at radius 3 is 2.64 bits per heavy atom. The first kappa shape index (κ1) is 22.6. The number of nitrogens with zero attached hydrogens (tertiary/aromatic N) is 1. The maximum absolute atomic E-state index is 12.7. The van der Waals surface area contributed by atoms with E-state index >= 15 is 0 Å². The van der Waals surface area contributed by atoms with Gasteiger partial charge >= 0.3 is 5.97 Å². The molecule has 1 aliphatic carbocycles. The predicted molar refractivity (Wildman–Crippen MR) is 122 cm³/mol. The van der Waals surface area contributed by atoms with Gasteiger partial charge in [0.2, 0.25) is 0 Å². The summed E-state index contributed by atoms with van der Waals surface area (Å²) >= 11 is 0. The van der Waals surface area contributed by atoms with Crippen molar-refractivity contribution in [1.29, 1.82) is 0 Å². The van der Waals surface area contributed by atoms with Crippen LogP contribution in [0.5, 0.6) is 5.75 Å². The fourth-order valence-electron chi connectivity index (χ4n) is 4.03. The van der Waals surface area contributed by atoms with Gasteiger partial charge in [0.1, 0.15) is 18.1 Å². The molecule has 1 aromatic heterocycles. The molecule has 0 fully saturated rings. The van der Waals surface area contributed by atoms with Crippen molar-refractivity contribution >= 4 is 11.9 Å². The molecule has 2 aromatic carbocycles. The van der Waals surface area contributed by atoms with Gasteiger partial charge in [0.25, 0.3) is 5.91 Å². The van der Waals surface area contributed by atoms with E-state index in [9.17, 15) is 9.59 Å². The number of hydrogen-bond acceptors (Lipinski definition) is 6. The number of fused-ring (bicyclic) bond motifs is 1. The summed E-state index contributed by atoms with van der Waals surface area (Å²) in [5, 5.41) is 6.94. The van der Waals surface area contributed by atoms with E-state index in [1.54, 1.807) is 31.2 Å². The largest absolute Gasteiger partial charge is 0.489 e. The zero-order valence-electron chi connectivity index (χ0n) is 19.1. The number of amides is 1. The lowest BCUT2D eigenvalue weighted by molar-refractivity contribution is -0.130. The van der Waals surface area contributed by atoms with Crippen LogP contribution < -0.4 is 10.1 Å². The molecule has 0 spiro atoms. The summed E-state index contributed by atoms with van der Waals surface area (Å²) in [6.45, 7) is 5.61. The van der Waals surface area contributed by atoms with Gasteiger partial charge in [-0.15, -0.1) is 0 Å². The highest BCUT2D eigenvalue weighted by atomic mass is 16.5. The van der Waals surface area contributed by atoms with E-state index in [4.69, 9.17) is 14.0 Å². The van der Waals surface area contributed by atoms with Crippen molar-refractivity contribution < 1.29 is 23.6 Å².